The maximum Gasteiger partial charge on any atom is 0.315 e. The minimum Gasteiger partial charge on any atom is -0.467 e. The Bertz CT molecular complexity index is 628. The molecule has 5 nitrogen and oxygen atoms in total. The third kappa shape index (κ3) is 4.10. The molecule has 0 bridgehead atoms. The second-order valence-corrected chi connectivity index (χ2v) is 5.53. The van der Waals surface area contributed by atoms with Crippen LogP contribution in [-0.4, -0.2) is 19.2 Å². The fourth-order valence-corrected chi connectivity index (χ4v) is 2.73. The van der Waals surface area contributed by atoms with Crippen molar-refractivity contribution in [1.29, 1.82) is 0 Å². The molecular formula is C17H19FN2O3. The van der Waals surface area contributed by atoms with Crippen LogP contribution in [0.15, 0.2) is 47.1 Å². The van der Waals surface area contributed by atoms with Crippen LogP contribution in [0.1, 0.15) is 23.8 Å². The number of urea groups is 1. The number of nitrogens with one attached hydrogen (secondary N) is 2. The Morgan fingerprint density at radius 1 is 1.22 bits per heavy atom. The van der Waals surface area contributed by atoms with E-state index in [-0.39, 0.29) is 23.9 Å². The number of ether oxygens (including phenoxy) is 1. The van der Waals surface area contributed by atoms with E-state index in [1.165, 1.54) is 12.1 Å². The van der Waals surface area contributed by atoms with Gasteiger partial charge in [0.15, 0.2) is 0 Å². The number of carbonyl (C=O) groups is 1. The minimum absolute atomic E-state index is 0.110. The van der Waals surface area contributed by atoms with E-state index in [9.17, 15) is 9.18 Å². The molecule has 1 aliphatic rings. The number of benzene rings is 1. The Kier molecular flexibility index (Phi) is 4.92. The van der Waals surface area contributed by atoms with Crippen LogP contribution in [0.3, 0.4) is 0 Å². The molecule has 23 heavy (non-hydrogen) atoms. The zero-order valence-corrected chi connectivity index (χ0v) is 12.6. The third-order valence-corrected chi connectivity index (χ3v) is 3.94. The highest BCUT2D eigenvalue weighted by atomic mass is 19.1. The lowest BCUT2D eigenvalue weighted by Gasteiger charge is -2.19. The minimum atomic E-state index is -0.265. The fraction of sp³-hybridized carbons (Fsp3) is 0.353. The van der Waals surface area contributed by atoms with Gasteiger partial charge in [0.25, 0.3) is 0 Å². The first-order chi connectivity index (χ1) is 11.2. The average molecular weight is 318 g/mol. The molecule has 1 saturated heterocycles. The van der Waals surface area contributed by atoms with Gasteiger partial charge in [-0.1, -0.05) is 12.1 Å². The summed E-state index contributed by atoms with van der Waals surface area (Å²) in [5.74, 6) is 0.613. The molecule has 1 fully saturated rings. The number of halogens is 1. The Morgan fingerprint density at radius 2 is 2.04 bits per heavy atom. The molecular weight excluding hydrogens is 299 g/mol. The Balaban J connectivity index is 1.48. The second kappa shape index (κ2) is 7.28. The molecule has 0 radical (unpaired) electrons. The smallest absolute Gasteiger partial charge is 0.315 e. The van der Waals surface area contributed by atoms with E-state index in [0.717, 1.165) is 12.0 Å². The molecule has 0 aliphatic carbocycles. The van der Waals surface area contributed by atoms with E-state index >= 15 is 0 Å². The number of hydrogen-bond acceptors (Lipinski definition) is 3. The Labute approximate surface area is 133 Å². The molecule has 3 rings (SSSR count). The molecule has 2 atom stereocenters. The lowest BCUT2D eigenvalue weighted by Crippen LogP contribution is -2.38. The fourth-order valence-electron chi connectivity index (χ4n) is 2.73. The summed E-state index contributed by atoms with van der Waals surface area (Å²) < 4.78 is 23.9. The highest BCUT2D eigenvalue weighted by molar-refractivity contribution is 5.73. The van der Waals surface area contributed by atoms with Crippen molar-refractivity contribution in [2.24, 2.45) is 5.92 Å². The van der Waals surface area contributed by atoms with Crippen LogP contribution in [-0.2, 0) is 11.3 Å². The maximum atomic E-state index is 13.0. The van der Waals surface area contributed by atoms with Crippen LogP contribution in [0.2, 0.25) is 0 Å². The predicted octanol–water partition coefficient (Wildman–Crippen LogP) is 3.00. The van der Waals surface area contributed by atoms with Crippen molar-refractivity contribution in [3.8, 4) is 0 Å². The molecule has 122 valence electrons. The molecule has 2 amide bonds. The molecule has 2 N–H and O–H groups in total. The van der Waals surface area contributed by atoms with Gasteiger partial charge in [0.1, 0.15) is 11.6 Å². The van der Waals surface area contributed by atoms with Crippen molar-refractivity contribution in [2.45, 2.75) is 19.1 Å². The highest BCUT2D eigenvalue weighted by Gasteiger charge is 2.29. The lowest BCUT2D eigenvalue weighted by atomic mass is 9.95. The normalized spacial score (nSPS) is 20.4. The first-order valence-corrected chi connectivity index (χ1v) is 7.63. The summed E-state index contributed by atoms with van der Waals surface area (Å²) in [7, 11) is 0. The maximum absolute atomic E-state index is 13.0. The van der Waals surface area contributed by atoms with Crippen LogP contribution in [0, 0.1) is 11.7 Å². The summed E-state index contributed by atoms with van der Waals surface area (Å²) >= 11 is 0. The van der Waals surface area contributed by atoms with Gasteiger partial charge in [-0.2, -0.15) is 0 Å². The van der Waals surface area contributed by atoms with Gasteiger partial charge < -0.3 is 19.8 Å². The summed E-state index contributed by atoms with van der Waals surface area (Å²) in [5, 5.41) is 5.59. The second-order valence-electron chi connectivity index (χ2n) is 5.53. The summed E-state index contributed by atoms with van der Waals surface area (Å²) in [6.07, 6.45) is 2.32. The van der Waals surface area contributed by atoms with Crippen LogP contribution < -0.4 is 10.6 Å². The average Bonchev–Trinajstić information content (AvgIpc) is 3.23. The lowest BCUT2D eigenvalue weighted by molar-refractivity contribution is 0.0909. The van der Waals surface area contributed by atoms with Crippen LogP contribution >= 0.6 is 0 Å². The van der Waals surface area contributed by atoms with Gasteiger partial charge in [-0.15, -0.1) is 0 Å². The van der Waals surface area contributed by atoms with E-state index in [2.05, 4.69) is 10.6 Å². The molecule has 6 heteroatoms. The number of amides is 2. The van der Waals surface area contributed by atoms with E-state index in [1.54, 1.807) is 30.5 Å². The molecule has 2 aromatic rings. The molecule has 2 heterocycles. The van der Waals surface area contributed by atoms with Crippen LogP contribution in [0.25, 0.3) is 0 Å². The van der Waals surface area contributed by atoms with Crippen molar-refractivity contribution >= 4 is 6.03 Å². The van der Waals surface area contributed by atoms with Crippen molar-refractivity contribution in [1.82, 2.24) is 10.6 Å². The zero-order valence-electron chi connectivity index (χ0n) is 12.6. The summed E-state index contributed by atoms with van der Waals surface area (Å²) in [4.78, 5) is 11.8. The topological polar surface area (TPSA) is 63.5 Å². The first-order valence-electron chi connectivity index (χ1n) is 7.63. The van der Waals surface area contributed by atoms with Gasteiger partial charge >= 0.3 is 6.03 Å². The van der Waals surface area contributed by atoms with E-state index in [1.807, 2.05) is 0 Å². The number of carbonyl (C=O) groups excluding carboxylic acids is 1. The van der Waals surface area contributed by atoms with Crippen molar-refractivity contribution < 1.29 is 18.3 Å². The van der Waals surface area contributed by atoms with E-state index in [0.29, 0.717) is 25.5 Å². The molecule has 0 saturated carbocycles. The van der Waals surface area contributed by atoms with Gasteiger partial charge in [0.05, 0.1) is 18.9 Å². The standard InChI is InChI=1S/C17H19FN2O3/c18-14-5-3-12(4-6-14)16-13(7-9-23-16)10-19-17(21)20-11-15-2-1-8-22-15/h1-6,8,13,16H,7,9-11H2,(H2,19,20,21)/t13-,16-/m0/s1. The number of hydrogen-bond donors (Lipinski definition) is 2. The van der Waals surface area contributed by atoms with Crippen molar-refractivity contribution in [3.63, 3.8) is 0 Å². The number of rotatable bonds is 5. The monoisotopic (exact) mass is 318 g/mol. The largest absolute Gasteiger partial charge is 0.467 e. The van der Waals surface area contributed by atoms with Gasteiger partial charge in [-0.05, 0) is 36.2 Å². The first kappa shape index (κ1) is 15.6. The highest BCUT2D eigenvalue weighted by Crippen LogP contribution is 2.34. The molecule has 1 aliphatic heterocycles. The molecule has 0 spiro atoms. The quantitative estimate of drug-likeness (QED) is 0.891. The predicted molar refractivity (Wildman–Crippen MR) is 82.1 cm³/mol. The third-order valence-electron chi connectivity index (χ3n) is 3.94. The van der Waals surface area contributed by atoms with Crippen molar-refractivity contribution in [2.75, 3.05) is 13.2 Å². The summed E-state index contributed by atoms with van der Waals surface area (Å²) in [5.41, 5.74) is 0.937. The van der Waals surface area contributed by atoms with Crippen LogP contribution in [0.4, 0.5) is 9.18 Å². The van der Waals surface area contributed by atoms with Gasteiger partial charge in [0.2, 0.25) is 0 Å². The van der Waals surface area contributed by atoms with Gasteiger partial charge in [-0.25, -0.2) is 9.18 Å². The zero-order chi connectivity index (χ0) is 16.1. The SMILES string of the molecule is O=C(NCc1ccco1)NC[C@@H]1CCO[C@H]1c1ccc(F)cc1. The van der Waals surface area contributed by atoms with Crippen LogP contribution in [0.5, 0.6) is 0 Å². The van der Waals surface area contributed by atoms with E-state index in [4.69, 9.17) is 9.15 Å². The summed E-state index contributed by atoms with van der Waals surface area (Å²) in [6, 6.07) is 9.65. The van der Waals surface area contributed by atoms with Gasteiger partial charge in [-0.3, -0.25) is 0 Å². The molecule has 0 unspecified atom stereocenters. The van der Waals surface area contributed by atoms with Crippen molar-refractivity contribution in [3.05, 3.63) is 59.8 Å². The molecule has 1 aromatic carbocycles. The number of furan rings is 1. The van der Waals surface area contributed by atoms with E-state index < -0.39 is 0 Å². The Morgan fingerprint density at radius 3 is 2.78 bits per heavy atom. The summed E-state index contributed by atoms with van der Waals surface area (Å²) in [6.45, 7) is 1.50. The van der Waals surface area contributed by atoms with Gasteiger partial charge in [0, 0.05) is 19.1 Å². The Hall–Kier alpha value is -2.34. The molecule has 1 aromatic heterocycles.